The molecule has 0 heterocycles. The van der Waals surface area contributed by atoms with Gasteiger partial charge < -0.3 is 4.79 Å². The third kappa shape index (κ3) is 2.28. The number of fused-ring (bicyclic) bond motifs is 5. The van der Waals surface area contributed by atoms with Crippen LogP contribution < -0.4 is 0 Å². The summed E-state index contributed by atoms with van der Waals surface area (Å²) >= 11 is 0. The Kier molecular flexibility index (Phi) is 4.20. The molecule has 140 valence electrons. The van der Waals surface area contributed by atoms with Crippen LogP contribution in [0.25, 0.3) is 0 Å². The molecule has 25 heavy (non-hydrogen) atoms. The van der Waals surface area contributed by atoms with Crippen molar-refractivity contribution in [3.63, 3.8) is 0 Å². The summed E-state index contributed by atoms with van der Waals surface area (Å²) in [6.07, 6.45) is 10.8. The van der Waals surface area contributed by atoms with E-state index in [1.54, 1.807) is 6.92 Å². The summed E-state index contributed by atoms with van der Waals surface area (Å²) in [5.41, 5.74) is 0.163. The minimum absolute atomic E-state index is 0.00761. The summed E-state index contributed by atoms with van der Waals surface area (Å²) in [7, 11) is 0. The van der Waals surface area contributed by atoms with Crippen molar-refractivity contribution in [1.82, 2.24) is 0 Å². The lowest BCUT2D eigenvalue weighted by Crippen LogP contribution is -2.56. The Hall–Kier alpha value is -0.660. The van der Waals surface area contributed by atoms with Gasteiger partial charge in [0.1, 0.15) is 12.1 Å². The van der Waals surface area contributed by atoms with Crippen molar-refractivity contribution in [2.45, 2.75) is 79.1 Å². The fraction of sp³-hybridized carbons (Fsp3) is 0.913. The molecule has 0 amide bonds. The Morgan fingerprint density at radius 2 is 1.76 bits per heavy atom. The zero-order valence-corrected chi connectivity index (χ0v) is 16.6. The molecule has 4 saturated carbocycles. The molecule has 2 heteroatoms. The maximum absolute atomic E-state index is 12.7. The van der Waals surface area contributed by atoms with Crippen molar-refractivity contribution in [2.24, 2.45) is 52.3 Å². The molecule has 0 spiro atoms. The summed E-state index contributed by atoms with van der Waals surface area (Å²) in [6.45, 7) is 9.26. The van der Waals surface area contributed by atoms with Crippen LogP contribution in [0.3, 0.4) is 0 Å². The summed E-state index contributed by atoms with van der Waals surface area (Å²) in [5, 5.41) is 0. The van der Waals surface area contributed by atoms with E-state index in [2.05, 4.69) is 20.8 Å². The maximum atomic E-state index is 12.7. The molecule has 4 aliphatic carbocycles. The molecule has 2 nitrogen and oxygen atoms in total. The average molecular weight is 345 g/mol. The normalized spacial score (nSPS) is 55.0. The van der Waals surface area contributed by atoms with Crippen LogP contribution in [0.15, 0.2) is 0 Å². The lowest BCUT2D eigenvalue weighted by atomic mass is 9.43. The fourth-order valence-electron chi connectivity index (χ4n) is 8.42. The topological polar surface area (TPSA) is 34.1 Å². The van der Waals surface area contributed by atoms with Crippen molar-refractivity contribution < 1.29 is 9.59 Å². The lowest BCUT2D eigenvalue weighted by molar-refractivity contribution is -0.155. The van der Waals surface area contributed by atoms with Gasteiger partial charge in [-0.3, -0.25) is 4.79 Å². The van der Waals surface area contributed by atoms with Gasteiger partial charge in [-0.2, -0.15) is 0 Å². The molecule has 0 aromatic heterocycles. The molecule has 0 aliphatic heterocycles. The first kappa shape index (κ1) is 17.7. The van der Waals surface area contributed by atoms with Gasteiger partial charge in [0.05, 0.1) is 0 Å². The highest BCUT2D eigenvalue weighted by Crippen LogP contribution is 2.68. The first-order valence-corrected chi connectivity index (χ1v) is 10.8. The second-order valence-electron chi connectivity index (χ2n) is 10.5. The molecule has 0 unspecified atom stereocenters. The predicted molar refractivity (Wildman–Crippen MR) is 100.0 cm³/mol. The van der Waals surface area contributed by atoms with Crippen LogP contribution in [-0.4, -0.2) is 12.1 Å². The largest absolute Gasteiger partial charge is 0.303 e. The van der Waals surface area contributed by atoms with Gasteiger partial charge >= 0.3 is 0 Å². The van der Waals surface area contributed by atoms with Crippen LogP contribution in [-0.2, 0) is 9.59 Å². The van der Waals surface area contributed by atoms with E-state index in [0.29, 0.717) is 23.0 Å². The summed E-state index contributed by atoms with van der Waals surface area (Å²) < 4.78 is 0. The fourth-order valence-corrected chi connectivity index (χ4v) is 8.42. The summed E-state index contributed by atoms with van der Waals surface area (Å²) in [6, 6.07) is 0. The molecule has 0 bridgehead atoms. The number of carbonyl (C=O) groups is 2. The second kappa shape index (κ2) is 5.92. The van der Waals surface area contributed by atoms with E-state index in [4.69, 9.17) is 0 Å². The minimum Gasteiger partial charge on any atom is -0.303 e. The summed E-state index contributed by atoms with van der Waals surface area (Å²) in [4.78, 5) is 24.5. The van der Waals surface area contributed by atoms with Gasteiger partial charge in [-0.05, 0) is 99.2 Å². The number of hydrogen-bond acceptors (Lipinski definition) is 2. The smallest absolute Gasteiger partial charge is 0.136 e. The van der Waals surface area contributed by atoms with Crippen LogP contribution >= 0.6 is 0 Å². The predicted octanol–water partition coefficient (Wildman–Crippen LogP) is 5.30. The molecule has 0 radical (unpaired) electrons. The van der Waals surface area contributed by atoms with Crippen molar-refractivity contribution in [2.75, 3.05) is 0 Å². The standard InChI is InChI=1S/C23H36O2/c1-14-11-17-5-7-19-20(22(17,4)12-15(14)2)9-10-23(16(3)25)18(13-24)6-8-21(19)23/h13-15,17-21H,5-12H2,1-4H3/t14-,15-,17-,18+,19+,20-,21-,22-,23-/m0/s1. The molecule has 0 aromatic carbocycles. The van der Waals surface area contributed by atoms with E-state index in [9.17, 15) is 9.59 Å². The van der Waals surface area contributed by atoms with Gasteiger partial charge in [0.2, 0.25) is 0 Å². The highest BCUT2D eigenvalue weighted by molar-refractivity contribution is 5.87. The molecule has 4 rings (SSSR count). The van der Waals surface area contributed by atoms with E-state index < -0.39 is 0 Å². The van der Waals surface area contributed by atoms with Crippen LogP contribution in [0.4, 0.5) is 0 Å². The third-order valence-electron chi connectivity index (χ3n) is 9.85. The highest BCUT2D eigenvalue weighted by atomic mass is 16.1. The van der Waals surface area contributed by atoms with E-state index in [0.717, 1.165) is 49.2 Å². The van der Waals surface area contributed by atoms with E-state index >= 15 is 0 Å². The molecule has 0 N–H and O–H groups in total. The van der Waals surface area contributed by atoms with Crippen molar-refractivity contribution in [3.8, 4) is 0 Å². The van der Waals surface area contributed by atoms with Crippen LogP contribution in [0.5, 0.6) is 0 Å². The zero-order chi connectivity index (χ0) is 18.0. The Labute approximate surface area is 153 Å². The Balaban J connectivity index is 1.67. The number of aldehydes is 1. The molecule has 0 aromatic rings. The van der Waals surface area contributed by atoms with Crippen LogP contribution in [0.2, 0.25) is 0 Å². The quantitative estimate of drug-likeness (QED) is 0.637. The first-order valence-electron chi connectivity index (χ1n) is 10.8. The lowest BCUT2D eigenvalue weighted by Gasteiger charge is -2.62. The molecular formula is C23H36O2. The highest BCUT2D eigenvalue weighted by Gasteiger charge is 2.63. The van der Waals surface area contributed by atoms with Gasteiger partial charge in [-0.1, -0.05) is 20.8 Å². The average Bonchev–Trinajstić information content (AvgIpc) is 2.96. The number of carbonyl (C=O) groups excluding carboxylic acids is 2. The molecule has 4 aliphatic rings. The van der Waals surface area contributed by atoms with Gasteiger partial charge in [-0.15, -0.1) is 0 Å². The van der Waals surface area contributed by atoms with E-state index in [1.807, 2.05) is 0 Å². The van der Waals surface area contributed by atoms with Crippen molar-refractivity contribution in [3.05, 3.63) is 0 Å². The molecule has 0 saturated heterocycles. The van der Waals surface area contributed by atoms with Crippen LogP contribution in [0.1, 0.15) is 79.1 Å². The summed E-state index contributed by atoms with van der Waals surface area (Å²) in [5.74, 6) is 4.81. The third-order valence-corrected chi connectivity index (χ3v) is 9.85. The number of hydrogen-bond donors (Lipinski definition) is 0. The molecule has 4 fully saturated rings. The maximum Gasteiger partial charge on any atom is 0.136 e. The van der Waals surface area contributed by atoms with Crippen molar-refractivity contribution >= 4 is 12.1 Å². The van der Waals surface area contributed by atoms with Crippen molar-refractivity contribution in [1.29, 1.82) is 0 Å². The van der Waals surface area contributed by atoms with Gasteiger partial charge in [0.15, 0.2) is 0 Å². The van der Waals surface area contributed by atoms with Gasteiger partial charge in [0, 0.05) is 11.3 Å². The monoisotopic (exact) mass is 344 g/mol. The van der Waals surface area contributed by atoms with E-state index in [-0.39, 0.29) is 11.3 Å². The van der Waals surface area contributed by atoms with Gasteiger partial charge in [-0.25, -0.2) is 0 Å². The minimum atomic E-state index is -0.306. The van der Waals surface area contributed by atoms with E-state index in [1.165, 1.54) is 32.1 Å². The number of rotatable bonds is 2. The van der Waals surface area contributed by atoms with Gasteiger partial charge in [0.25, 0.3) is 0 Å². The number of Topliss-reactive ketones (excluding diaryl/α,β-unsaturated/α-hetero) is 1. The number of ketones is 1. The SMILES string of the molecule is CC(=O)[C@]12CC[C@H]3[C@@H](CC[C@H]4C[C@H](C)[C@@H](C)C[C@@]43C)[C@@H]1CC[C@@H]2C=O. The first-order chi connectivity index (χ1) is 11.8. The molecular weight excluding hydrogens is 308 g/mol. The Bertz CT molecular complexity index is 568. The molecule has 9 atom stereocenters. The Morgan fingerprint density at radius 3 is 2.44 bits per heavy atom. The zero-order valence-electron chi connectivity index (χ0n) is 16.6. The Morgan fingerprint density at radius 1 is 1.00 bits per heavy atom. The second-order valence-corrected chi connectivity index (χ2v) is 10.5. The van der Waals surface area contributed by atoms with Crippen LogP contribution in [0, 0.1) is 52.3 Å².